The highest BCUT2D eigenvalue weighted by Gasteiger charge is 2.24. The van der Waals surface area contributed by atoms with E-state index in [0.717, 1.165) is 16.0 Å². The molecule has 2 aromatic rings. The van der Waals surface area contributed by atoms with Crippen LogP contribution in [0.5, 0.6) is 0 Å². The first kappa shape index (κ1) is 16.1. The smallest absolute Gasteiger partial charge is 0.252 e. The van der Waals surface area contributed by atoms with Gasteiger partial charge in [0.15, 0.2) is 0 Å². The minimum absolute atomic E-state index is 0.192. The van der Waals surface area contributed by atoms with E-state index in [1.54, 1.807) is 18.2 Å². The van der Waals surface area contributed by atoms with Crippen molar-refractivity contribution in [1.29, 1.82) is 0 Å². The fraction of sp³-hybridized carbons (Fsp3) is 0.286. The third kappa shape index (κ3) is 3.49. The Morgan fingerprint density at radius 1 is 1.29 bits per heavy atom. The second kappa shape index (κ2) is 6.23. The summed E-state index contributed by atoms with van der Waals surface area (Å²) in [7, 11) is -2.05. The summed E-state index contributed by atoms with van der Waals surface area (Å²) in [4.78, 5) is 0.865. The van der Waals surface area contributed by atoms with E-state index in [2.05, 4.69) is 0 Å². The molecule has 0 bridgehead atoms. The quantitative estimate of drug-likeness (QED) is 0.917. The van der Waals surface area contributed by atoms with Gasteiger partial charge in [0.05, 0.1) is 0 Å². The molecule has 2 rings (SSSR count). The van der Waals surface area contributed by atoms with Crippen LogP contribution in [0.15, 0.2) is 34.5 Å². The summed E-state index contributed by atoms with van der Waals surface area (Å²) in [6, 6.07) is 7.43. The van der Waals surface area contributed by atoms with Crippen molar-refractivity contribution in [1.82, 2.24) is 4.31 Å². The van der Waals surface area contributed by atoms with Crippen LogP contribution in [0.3, 0.4) is 0 Å². The van der Waals surface area contributed by atoms with Crippen LogP contribution in [-0.4, -0.2) is 19.8 Å². The fourth-order valence-corrected chi connectivity index (χ4v) is 4.74. The van der Waals surface area contributed by atoms with Gasteiger partial charge in [0, 0.05) is 25.0 Å². The van der Waals surface area contributed by atoms with E-state index in [1.807, 2.05) is 6.92 Å². The zero-order chi connectivity index (χ0) is 15.6. The summed E-state index contributed by atoms with van der Waals surface area (Å²) in [5.74, 6) is -0.342. The standard InChI is InChI=1S/C14H17FN2O2S2/c1-10-7-14(20-13(10)8-16)21(18,19)17(2)9-11-3-5-12(15)6-4-11/h3-7H,8-9,16H2,1-2H3. The third-order valence-electron chi connectivity index (χ3n) is 3.17. The molecule has 0 unspecified atom stereocenters. The van der Waals surface area contributed by atoms with Crippen molar-refractivity contribution >= 4 is 21.4 Å². The summed E-state index contributed by atoms with van der Waals surface area (Å²) in [6.45, 7) is 2.36. The highest BCUT2D eigenvalue weighted by atomic mass is 32.2. The number of rotatable bonds is 5. The lowest BCUT2D eigenvalue weighted by Gasteiger charge is -2.16. The molecule has 4 nitrogen and oxygen atoms in total. The molecule has 0 amide bonds. The minimum atomic E-state index is -3.56. The van der Waals surface area contributed by atoms with Crippen LogP contribution in [-0.2, 0) is 23.1 Å². The maximum atomic E-state index is 12.9. The van der Waals surface area contributed by atoms with Gasteiger partial charge in [-0.1, -0.05) is 12.1 Å². The van der Waals surface area contributed by atoms with E-state index in [9.17, 15) is 12.8 Å². The van der Waals surface area contributed by atoms with E-state index in [0.29, 0.717) is 6.54 Å². The first-order chi connectivity index (χ1) is 9.84. The van der Waals surface area contributed by atoms with Crippen LogP contribution in [0.1, 0.15) is 16.0 Å². The average Bonchev–Trinajstić information content (AvgIpc) is 2.83. The predicted octanol–water partition coefficient (Wildman–Crippen LogP) is 2.48. The normalized spacial score (nSPS) is 12.0. The molecule has 0 saturated heterocycles. The molecular formula is C14H17FN2O2S2. The Morgan fingerprint density at radius 2 is 1.90 bits per heavy atom. The van der Waals surface area contributed by atoms with E-state index in [-0.39, 0.29) is 16.6 Å². The van der Waals surface area contributed by atoms with Gasteiger partial charge >= 0.3 is 0 Å². The summed E-state index contributed by atoms with van der Waals surface area (Å²) in [6.07, 6.45) is 0. The van der Waals surface area contributed by atoms with Crippen LogP contribution in [0.25, 0.3) is 0 Å². The molecular weight excluding hydrogens is 311 g/mol. The largest absolute Gasteiger partial charge is 0.326 e. The molecule has 0 atom stereocenters. The second-order valence-electron chi connectivity index (χ2n) is 4.76. The van der Waals surface area contributed by atoms with E-state index in [1.165, 1.54) is 34.8 Å². The van der Waals surface area contributed by atoms with Gasteiger partial charge in [0.2, 0.25) is 0 Å². The number of hydrogen-bond acceptors (Lipinski definition) is 4. The molecule has 1 aromatic heterocycles. The highest BCUT2D eigenvalue weighted by Crippen LogP contribution is 2.28. The van der Waals surface area contributed by atoms with Gasteiger partial charge in [-0.3, -0.25) is 0 Å². The SMILES string of the molecule is Cc1cc(S(=O)(=O)N(C)Cc2ccc(F)cc2)sc1CN. The van der Waals surface area contributed by atoms with Crippen molar-refractivity contribution in [3.05, 3.63) is 52.2 Å². The van der Waals surface area contributed by atoms with Crippen molar-refractivity contribution in [2.75, 3.05) is 7.05 Å². The summed E-state index contributed by atoms with van der Waals surface area (Å²) >= 11 is 1.19. The molecule has 1 aromatic carbocycles. The van der Waals surface area contributed by atoms with E-state index >= 15 is 0 Å². The van der Waals surface area contributed by atoms with Crippen LogP contribution in [0, 0.1) is 12.7 Å². The van der Waals surface area contributed by atoms with E-state index in [4.69, 9.17) is 5.73 Å². The van der Waals surface area contributed by atoms with Gasteiger partial charge < -0.3 is 5.73 Å². The predicted molar refractivity (Wildman–Crippen MR) is 82.0 cm³/mol. The number of aryl methyl sites for hydroxylation is 1. The molecule has 0 spiro atoms. The van der Waals surface area contributed by atoms with Crippen LogP contribution in [0.2, 0.25) is 0 Å². The molecule has 21 heavy (non-hydrogen) atoms. The Balaban J connectivity index is 2.23. The number of halogens is 1. The van der Waals surface area contributed by atoms with Gasteiger partial charge in [-0.15, -0.1) is 11.3 Å². The Hall–Kier alpha value is -1.28. The van der Waals surface area contributed by atoms with Gasteiger partial charge in [0.25, 0.3) is 10.0 Å². The lowest BCUT2D eigenvalue weighted by atomic mass is 10.2. The number of nitrogens with zero attached hydrogens (tertiary/aromatic N) is 1. The second-order valence-corrected chi connectivity index (χ2v) is 8.17. The van der Waals surface area contributed by atoms with Crippen molar-refractivity contribution in [2.24, 2.45) is 5.73 Å². The van der Waals surface area contributed by atoms with Crippen molar-refractivity contribution < 1.29 is 12.8 Å². The molecule has 7 heteroatoms. The van der Waals surface area contributed by atoms with Crippen LogP contribution in [0.4, 0.5) is 4.39 Å². The van der Waals surface area contributed by atoms with Gasteiger partial charge in [0.1, 0.15) is 10.0 Å². The summed E-state index contributed by atoms with van der Waals surface area (Å²) in [5.41, 5.74) is 7.20. The average molecular weight is 328 g/mol. The number of benzene rings is 1. The van der Waals surface area contributed by atoms with Gasteiger partial charge in [-0.25, -0.2) is 12.8 Å². The number of thiophene rings is 1. The zero-order valence-corrected chi connectivity index (χ0v) is 13.5. The van der Waals surface area contributed by atoms with E-state index < -0.39 is 10.0 Å². The fourth-order valence-electron chi connectivity index (χ4n) is 1.90. The monoisotopic (exact) mass is 328 g/mol. The number of nitrogens with two attached hydrogens (primary N) is 1. The summed E-state index contributed by atoms with van der Waals surface area (Å²) in [5, 5.41) is 0. The molecule has 0 saturated carbocycles. The molecule has 0 fully saturated rings. The molecule has 2 N–H and O–H groups in total. The molecule has 1 heterocycles. The molecule has 0 aliphatic heterocycles. The maximum absolute atomic E-state index is 12.9. The Bertz CT molecular complexity index is 724. The molecule has 0 radical (unpaired) electrons. The third-order valence-corrected chi connectivity index (χ3v) is 6.68. The number of sulfonamides is 1. The van der Waals surface area contributed by atoms with Crippen LogP contribution < -0.4 is 5.73 Å². The molecule has 0 aliphatic carbocycles. The topological polar surface area (TPSA) is 63.4 Å². The Morgan fingerprint density at radius 3 is 2.43 bits per heavy atom. The zero-order valence-electron chi connectivity index (χ0n) is 11.8. The minimum Gasteiger partial charge on any atom is -0.326 e. The van der Waals surface area contributed by atoms with Gasteiger partial charge in [-0.05, 0) is 36.2 Å². The van der Waals surface area contributed by atoms with Crippen molar-refractivity contribution in [3.63, 3.8) is 0 Å². The number of hydrogen-bond donors (Lipinski definition) is 1. The Labute approximate surface area is 128 Å². The van der Waals surface area contributed by atoms with Crippen molar-refractivity contribution in [2.45, 2.75) is 24.2 Å². The molecule has 114 valence electrons. The van der Waals surface area contributed by atoms with Crippen molar-refractivity contribution in [3.8, 4) is 0 Å². The lowest BCUT2D eigenvalue weighted by Crippen LogP contribution is -2.25. The first-order valence-electron chi connectivity index (χ1n) is 6.34. The lowest BCUT2D eigenvalue weighted by molar-refractivity contribution is 0.468. The first-order valence-corrected chi connectivity index (χ1v) is 8.60. The Kier molecular flexibility index (Phi) is 4.77. The maximum Gasteiger partial charge on any atom is 0.252 e. The van der Waals surface area contributed by atoms with Gasteiger partial charge in [-0.2, -0.15) is 4.31 Å². The summed E-state index contributed by atoms with van der Waals surface area (Å²) < 4.78 is 39.4. The van der Waals surface area contributed by atoms with Crippen LogP contribution >= 0.6 is 11.3 Å². The molecule has 0 aliphatic rings. The highest BCUT2D eigenvalue weighted by molar-refractivity contribution is 7.91.